The molecule has 1 aromatic carbocycles. The summed E-state index contributed by atoms with van der Waals surface area (Å²) in [6.45, 7) is 0.979. The third kappa shape index (κ3) is 3.60. The maximum atomic E-state index is 9.23. The number of nitrogens with zero attached hydrogens (tertiary/aromatic N) is 3. The van der Waals surface area contributed by atoms with Gasteiger partial charge in [-0.2, -0.15) is 5.26 Å². The van der Waals surface area contributed by atoms with Crippen molar-refractivity contribution in [1.29, 1.82) is 5.26 Å². The number of benzene rings is 1. The van der Waals surface area contributed by atoms with Crippen molar-refractivity contribution >= 4 is 34.3 Å². The van der Waals surface area contributed by atoms with Crippen LogP contribution in [0.3, 0.4) is 0 Å². The van der Waals surface area contributed by atoms with Gasteiger partial charge in [0, 0.05) is 22.7 Å². The number of rotatable bonds is 4. The van der Waals surface area contributed by atoms with Crippen LogP contribution < -0.4 is 0 Å². The summed E-state index contributed by atoms with van der Waals surface area (Å²) in [7, 11) is 4.08. The molecule has 0 fully saturated rings. The molecular formula is C14H14ClN3S. The highest BCUT2D eigenvalue weighted by Crippen LogP contribution is 2.26. The molecule has 0 aliphatic heterocycles. The van der Waals surface area contributed by atoms with Crippen molar-refractivity contribution < 1.29 is 0 Å². The highest BCUT2D eigenvalue weighted by atomic mass is 35.5. The molecule has 2 rings (SSSR count). The van der Waals surface area contributed by atoms with Crippen LogP contribution in [0.2, 0.25) is 5.02 Å². The fourth-order valence-electron chi connectivity index (χ4n) is 1.67. The molecule has 1 aromatic heterocycles. The van der Waals surface area contributed by atoms with Gasteiger partial charge in [0.05, 0.1) is 22.2 Å². The number of halogens is 1. The lowest BCUT2D eigenvalue weighted by molar-refractivity contribution is 0.437. The molecule has 0 bridgehead atoms. The Morgan fingerprint density at radius 1 is 1.37 bits per heavy atom. The van der Waals surface area contributed by atoms with Crippen molar-refractivity contribution in [3.05, 3.63) is 34.9 Å². The van der Waals surface area contributed by atoms with Crippen LogP contribution in [0, 0.1) is 11.3 Å². The zero-order valence-corrected chi connectivity index (χ0v) is 12.4. The topological polar surface area (TPSA) is 39.9 Å². The van der Waals surface area contributed by atoms with E-state index in [1.165, 1.54) is 0 Å². The zero-order valence-electron chi connectivity index (χ0n) is 10.9. The first-order valence-corrected chi connectivity index (χ1v) is 7.24. The quantitative estimate of drug-likeness (QED) is 0.809. The van der Waals surface area contributed by atoms with Crippen LogP contribution in [-0.2, 0) is 0 Å². The lowest BCUT2D eigenvalue weighted by atomic mass is 10.1. The van der Waals surface area contributed by atoms with E-state index in [1.54, 1.807) is 23.9 Å². The van der Waals surface area contributed by atoms with E-state index in [-0.39, 0.29) is 0 Å². The second kappa shape index (κ2) is 6.25. The molecule has 98 valence electrons. The molecule has 0 atom stereocenters. The van der Waals surface area contributed by atoms with E-state index in [4.69, 9.17) is 11.6 Å². The van der Waals surface area contributed by atoms with Gasteiger partial charge in [-0.25, -0.2) is 4.98 Å². The third-order valence-electron chi connectivity index (χ3n) is 2.66. The number of thioether (sulfide) groups is 1. The summed E-state index contributed by atoms with van der Waals surface area (Å²) in [5, 5.41) is 11.5. The maximum Gasteiger partial charge on any atom is 0.0999 e. The summed E-state index contributed by atoms with van der Waals surface area (Å²) in [5.74, 6) is 0.948. The first-order valence-electron chi connectivity index (χ1n) is 5.88. The molecule has 0 aliphatic carbocycles. The summed E-state index contributed by atoms with van der Waals surface area (Å²) in [4.78, 5) is 6.68. The monoisotopic (exact) mass is 291 g/mol. The van der Waals surface area contributed by atoms with E-state index in [2.05, 4.69) is 16.0 Å². The fraction of sp³-hybridized carbons (Fsp3) is 0.286. The van der Waals surface area contributed by atoms with Gasteiger partial charge >= 0.3 is 0 Å². The molecule has 1 heterocycles. The molecule has 0 spiro atoms. The maximum absolute atomic E-state index is 9.23. The lowest BCUT2D eigenvalue weighted by Crippen LogP contribution is -2.14. The summed E-state index contributed by atoms with van der Waals surface area (Å²) in [5.41, 5.74) is 1.44. The lowest BCUT2D eigenvalue weighted by Gasteiger charge is -2.09. The fourth-order valence-corrected chi connectivity index (χ4v) is 2.87. The van der Waals surface area contributed by atoms with E-state index < -0.39 is 0 Å². The van der Waals surface area contributed by atoms with Gasteiger partial charge in [0.15, 0.2) is 0 Å². The average molecular weight is 292 g/mol. The Labute approximate surface area is 122 Å². The molecular weight excluding hydrogens is 278 g/mol. The number of fused-ring (bicyclic) bond motifs is 1. The Kier molecular flexibility index (Phi) is 4.65. The molecule has 19 heavy (non-hydrogen) atoms. The summed E-state index contributed by atoms with van der Waals surface area (Å²) >= 11 is 7.62. The molecule has 0 aliphatic rings. The molecule has 0 radical (unpaired) electrons. The SMILES string of the molecule is CN(C)CCSc1cc(C#N)c2cc(Cl)ccc2n1. The minimum Gasteiger partial charge on any atom is -0.309 e. The minimum atomic E-state index is 0.624. The summed E-state index contributed by atoms with van der Waals surface area (Å²) in [6, 6.07) is 9.49. The Hall–Kier alpha value is -1.28. The van der Waals surface area contributed by atoms with Crippen molar-refractivity contribution in [3.63, 3.8) is 0 Å². The number of pyridine rings is 1. The van der Waals surface area contributed by atoms with Crippen LogP contribution in [0.15, 0.2) is 29.3 Å². The van der Waals surface area contributed by atoms with Crippen LogP contribution in [-0.4, -0.2) is 36.3 Å². The summed E-state index contributed by atoms with van der Waals surface area (Å²) in [6.07, 6.45) is 0. The van der Waals surface area contributed by atoms with Crippen LogP contribution in [0.25, 0.3) is 10.9 Å². The van der Waals surface area contributed by atoms with E-state index in [0.717, 1.165) is 28.2 Å². The molecule has 0 N–H and O–H groups in total. The Morgan fingerprint density at radius 2 is 2.16 bits per heavy atom. The van der Waals surface area contributed by atoms with E-state index in [0.29, 0.717) is 10.6 Å². The highest BCUT2D eigenvalue weighted by molar-refractivity contribution is 7.99. The van der Waals surface area contributed by atoms with Gasteiger partial charge in [-0.3, -0.25) is 0 Å². The predicted molar refractivity (Wildman–Crippen MR) is 80.7 cm³/mol. The van der Waals surface area contributed by atoms with Gasteiger partial charge in [0.25, 0.3) is 0 Å². The van der Waals surface area contributed by atoms with Crippen molar-refractivity contribution in [2.75, 3.05) is 26.4 Å². The summed E-state index contributed by atoms with van der Waals surface area (Å²) < 4.78 is 0. The van der Waals surface area contributed by atoms with Crippen LogP contribution in [0.5, 0.6) is 0 Å². The molecule has 5 heteroatoms. The van der Waals surface area contributed by atoms with Crippen LogP contribution in [0.1, 0.15) is 5.56 Å². The van der Waals surface area contributed by atoms with Gasteiger partial charge in [-0.05, 0) is 38.4 Å². The smallest absolute Gasteiger partial charge is 0.0999 e. The Balaban J connectivity index is 2.32. The van der Waals surface area contributed by atoms with Gasteiger partial charge < -0.3 is 4.90 Å². The number of hydrogen-bond donors (Lipinski definition) is 0. The Morgan fingerprint density at radius 3 is 2.84 bits per heavy atom. The Bertz CT molecular complexity index is 634. The largest absolute Gasteiger partial charge is 0.309 e. The van der Waals surface area contributed by atoms with Crippen molar-refractivity contribution in [2.45, 2.75) is 5.03 Å². The molecule has 0 saturated carbocycles. The third-order valence-corrected chi connectivity index (χ3v) is 3.78. The van der Waals surface area contributed by atoms with E-state index >= 15 is 0 Å². The average Bonchev–Trinajstić information content (AvgIpc) is 2.37. The van der Waals surface area contributed by atoms with Crippen molar-refractivity contribution in [1.82, 2.24) is 9.88 Å². The molecule has 0 saturated heterocycles. The van der Waals surface area contributed by atoms with Crippen molar-refractivity contribution in [3.8, 4) is 6.07 Å². The second-order valence-electron chi connectivity index (χ2n) is 4.43. The van der Waals surface area contributed by atoms with Crippen LogP contribution >= 0.6 is 23.4 Å². The van der Waals surface area contributed by atoms with Gasteiger partial charge in [0.2, 0.25) is 0 Å². The minimum absolute atomic E-state index is 0.624. The highest BCUT2D eigenvalue weighted by Gasteiger charge is 2.07. The van der Waals surface area contributed by atoms with E-state index in [9.17, 15) is 5.26 Å². The molecule has 0 unspecified atom stereocenters. The van der Waals surface area contributed by atoms with Gasteiger partial charge in [-0.1, -0.05) is 11.6 Å². The van der Waals surface area contributed by atoms with Crippen LogP contribution in [0.4, 0.5) is 0 Å². The molecule has 0 amide bonds. The standard InChI is InChI=1S/C14H14ClN3S/c1-18(2)5-6-19-14-7-10(9-16)12-8-11(15)3-4-13(12)17-14/h3-4,7-8H,5-6H2,1-2H3. The zero-order chi connectivity index (χ0) is 13.8. The first-order chi connectivity index (χ1) is 9.10. The second-order valence-corrected chi connectivity index (χ2v) is 5.98. The van der Waals surface area contributed by atoms with Crippen molar-refractivity contribution in [2.24, 2.45) is 0 Å². The number of nitriles is 1. The van der Waals surface area contributed by atoms with Gasteiger partial charge in [-0.15, -0.1) is 11.8 Å². The van der Waals surface area contributed by atoms with E-state index in [1.807, 2.05) is 26.2 Å². The molecule has 2 aromatic rings. The van der Waals surface area contributed by atoms with Gasteiger partial charge in [0.1, 0.15) is 0 Å². The predicted octanol–water partition coefficient (Wildman–Crippen LogP) is 3.41. The normalized spacial score (nSPS) is 10.9. The molecule has 3 nitrogen and oxygen atoms in total. The number of hydrogen-bond acceptors (Lipinski definition) is 4. The first kappa shape index (κ1) is 14.1. The number of aromatic nitrogens is 1.